The fourth-order valence-electron chi connectivity index (χ4n) is 5.49. The van der Waals surface area contributed by atoms with Crippen molar-refractivity contribution in [2.75, 3.05) is 11.5 Å². The number of carbonyl (C=O) groups excluding carboxylic acids is 5. The van der Waals surface area contributed by atoms with Crippen LogP contribution in [0.2, 0.25) is 0 Å². The van der Waals surface area contributed by atoms with E-state index in [1.807, 2.05) is 52.8 Å². The summed E-state index contributed by atoms with van der Waals surface area (Å²) < 4.78 is 0. The number of benzene rings is 1. The van der Waals surface area contributed by atoms with Crippen LogP contribution in [-0.2, 0) is 40.0 Å². The largest absolute Gasteiger partial charge is 0.481 e. The van der Waals surface area contributed by atoms with Gasteiger partial charge in [-0.1, -0.05) is 74.4 Å². The van der Waals surface area contributed by atoms with Gasteiger partial charge in [0.15, 0.2) is 0 Å². The minimum absolute atomic E-state index is 0.0224. The minimum Gasteiger partial charge on any atom is -0.481 e. The third kappa shape index (κ3) is 13.0. The molecule has 16 nitrogen and oxygen atoms in total. The Labute approximate surface area is 309 Å². The summed E-state index contributed by atoms with van der Waals surface area (Å²) in [6.45, 7) is 9.34. The molecule has 286 valence electrons. The molecule has 3 rings (SSSR count). The molecule has 0 aliphatic carbocycles. The molecule has 1 saturated heterocycles. The molecule has 1 aromatic heterocycles. The first-order valence-electron chi connectivity index (χ1n) is 16.9. The number of carboxylic acids is 2. The number of nitrogens with two attached hydrogens (primary N) is 1. The molecule has 1 aliphatic rings. The van der Waals surface area contributed by atoms with Gasteiger partial charge in [0.25, 0.3) is 0 Å². The van der Waals surface area contributed by atoms with Gasteiger partial charge < -0.3 is 47.5 Å². The summed E-state index contributed by atoms with van der Waals surface area (Å²) in [6.07, 6.45) is 1.03. The topological polar surface area (TPSA) is 262 Å². The Bertz CT molecular complexity index is 1630. The van der Waals surface area contributed by atoms with Gasteiger partial charge in [-0.05, 0) is 35.8 Å². The maximum atomic E-state index is 14.0. The smallest absolute Gasteiger partial charge is 0.327 e. The number of aromatic nitrogens is 1. The second-order valence-corrected chi connectivity index (χ2v) is 16.9. The van der Waals surface area contributed by atoms with Crippen molar-refractivity contribution in [3.63, 3.8) is 0 Å². The highest BCUT2D eigenvalue weighted by molar-refractivity contribution is 8.76. The zero-order chi connectivity index (χ0) is 38.7. The zero-order valence-electron chi connectivity index (χ0n) is 29.8. The van der Waals surface area contributed by atoms with E-state index < -0.39 is 89.6 Å². The van der Waals surface area contributed by atoms with Gasteiger partial charge in [-0.25, -0.2) is 4.79 Å². The van der Waals surface area contributed by atoms with Crippen LogP contribution in [0.3, 0.4) is 0 Å². The van der Waals surface area contributed by atoms with Crippen LogP contribution < -0.4 is 32.3 Å². The summed E-state index contributed by atoms with van der Waals surface area (Å²) >= 11 is 0. The van der Waals surface area contributed by atoms with E-state index in [-0.39, 0.29) is 36.7 Å². The standard InChI is InChI=1S/C34H49N7O9S2/c1-17(2)10-22-29(45)38-23(11-18-14-36-21-9-7-6-8-19(18)21)30(46)39-24(12-27(42)43)31(47)41-26(33(49)50)16-52-51-15-20(35)28(44)40-25(32(48)37-22)13-34(3,4)5/h6-9,14,17,20,22-26,36H,10-13,15-16,35H2,1-5H3,(H,37,48)(H,38,45)(H,39,46)(H,40,44)(H,41,47)(H,42,43)(H,49,50). The molecule has 2 heterocycles. The van der Waals surface area contributed by atoms with Crippen LogP contribution in [0, 0.1) is 11.3 Å². The number of carbonyl (C=O) groups is 7. The first-order chi connectivity index (χ1) is 24.3. The molecular weight excluding hydrogens is 715 g/mol. The van der Waals surface area contributed by atoms with Crippen molar-refractivity contribution in [1.82, 2.24) is 31.6 Å². The first kappa shape index (κ1) is 42.1. The van der Waals surface area contributed by atoms with Crippen LogP contribution in [0.25, 0.3) is 10.9 Å². The molecule has 10 N–H and O–H groups in total. The van der Waals surface area contributed by atoms with Crippen LogP contribution in [-0.4, -0.2) is 104 Å². The number of carboxylic acid groups (broad SMARTS) is 2. The van der Waals surface area contributed by atoms with E-state index >= 15 is 0 Å². The van der Waals surface area contributed by atoms with Crippen LogP contribution in [0.4, 0.5) is 0 Å². The fourth-order valence-corrected chi connectivity index (χ4v) is 7.77. The lowest BCUT2D eigenvalue weighted by Gasteiger charge is -2.30. The number of fused-ring (bicyclic) bond motifs is 1. The fraction of sp³-hybridized carbons (Fsp3) is 0.559. The number of hydrogen-bond acceptors (Lipinski definition) is 10. The molecule has 18 heteroatoms. The van der Waals surface area contributed by atoms with Crippen LogP contribution in [0.5, 0.6) is 0 Å². The Balaban J connectivity index is 2.07. The molecule has 0 spiro atoms. The van der Waals surface area contributed by atoms with Gasteiger partial charge in [-0.3, -0.25) is 28.8 Å². The summed E-state index contributed by atoms with van der Waals surface area (Å²) in [7, 11) is 2.08. The van der Waals surface area contributed by atoms with E-state index in [1.54, 1.807) is 12.3 Å². The Morgan fingerprint density at radius 3 is 2.00 bits per heavy atom. The number of aliphatic carboxylic acids is 2. The maximum absolute atomic E-state index is 14.0. The summed E-state index contributed by atoms with van der Waals surface area (Å²) in [4.78, 5) is 95.1. The van der Waals surface area contributed by atoms with E-state index in [1.165, 1.54) is 0 Å². The molecule has 6 atom stereocenters. The second-order valence-electron chi connectivity index (χ2n) is 14.4. The minimum atomic E-state index is -1.71. The van der Waals surface area contributed by atoms with Crippen molar-refractivity contribution in [2.45, 2.75) is 96.6 Å². The van der Waals surface area contributed by atoms with Gasteiger partial charge in [0, 0.05) is 35.0 Å². The molecule has 0 bridgehead atoms. The molecule has 1 fully saturated rings. The average Bonchev–Trinajstić information content (AvgIpc) is 3.45. The lowest BCUT2D eigenvalue weighted by Crippen LogP contribution is -2.60. The van der Waals surface area contributed by atoms with Crippen molar-refractivity contribution in [3.05, 3.63) is 36.0 Å². The SMILES string of the molecule is CC(C)CC1NC(=O)C(CC(C)(C)C)NC(=O)C(N)CSSCC(C(=O)O)NC(=O)C(CC(=O)O)NC(=O)C(Cc2c[nH]c3ccccc23)NC1=O. The van der Waals surface area contributed by atoms with Gasteiger partial charge in [-0.15, -0.1) is 0 Å². The number of H-pyrrole nitrogens is 1. The summed E-state index contributed by atoms with van der Waals surface area (Å²) in [5, 5.41) is 33.0. The molecule has 2 aromatic rings. The predicted molar refractivity (Wildman–Crippen MR) is 198 cm³/mol. The molecule has 52 heavy (non-hydrogen) atoms. The highest BCUT2D eigenvalue weighted by Gasteiger charge is 2.35. The highest BCUT2D eigenvalue weighted by Crippen LogP contribution is 2.25. The molecule has 1 aliphatic heterocycles. The Hall–Kier alpha value is -4.29. The van der Waals surface area contributed by atoms with E-state index in [4.69, 9.17) is 5.73 Å². The van der Waals surface area contributed by atoms with Crippen LogP contribution >= 0.6 is 21.6 Å². The van der Waals surface area contributed by atoms with Gasteiger partial charge in [0.05, 0.1) is 12.5 Å². The number of rotatable bonds is 8. The van der Waals surface area contributed by atoms with E-state index in [9.17, 15) is 43.8 Å². The summed E-state index contributed by atoms with van der Waals surface area (Å²) in [6, 6.07) is -0.658. The van der Waals surface area contributed by atoms with E-state index in [0.29, 0.717) is 5.56 Å². The van der Waals surface area contributed by atoms with E-state index in [2.05, 4.69) is 31.6 Å². The summed E-state index contributed by atoms with van der Waals surface area (Å²) in [5.74, 6) is -7.10. The number of aromatic amines is 1. The lowest BCUT2D eigenvalue weighted by molar-refractivity contribution is -0.143. The number of nitrogens with one attached hydrogen (secondary N) is 6. The van der Waals surface area contributed by atoms with Gasteiger partial charge in [0.2, 0.25) is 29.5 Å². The average molecular weight is 764 g/mol. The van der Waals surface area contributed by atoms with Crippen molar-refractivity contribution in [3.8, 4) is 0 Å². The number of para-hydroxylation sites is 1. The van der Waals surface area contributed by atoms with Crippen LogP contribution in [0.15, 0.2) is 30.5 Å². The first-order valence-corrected chi connectivity index (χ1v) is 19.3. The van der Waals surface area contributed by atoms with Gasteiger partial charge in [0.1, 0.15) is 30.2 Å². The van der Waals surface area contributed by atoms with Crippen molar-refractivity contribution < 1.29 is 43.8 Å². The third-order valence-electron chi connectivity index (χ3n) is 8.05. The van der Waals surface area contributed by atoms with Crippen molar-refractivity contribution in [2.24, 2.45) is 17.1 Å². The number of hydrogen-bond donors (Lipinski definition) is 9. The Morgan fingerprint density at radius 2 is 1.37 bits per heavy atom. The van der Waals surface area contributed by atoms with Gasteiger partial charge >= 0.3 is 11.9 Å². The van der Waals surface area contributed by atoms with E-state index in [0.717, 1.165) is 32.5 Å². The van der Waals surface area contributed by atoms with Crippen molar-refractivity contribution >= 4 is 74.0 Å². The molecule has 6 unspecified atom stereocenters. The van der Waals surface area contributed by atoms with Crippen LogP contribution in [0.1, 0.15) is 59.4 Å². The quantitative estimate of drug-likeness (QED) is 0.170. The third-order valence-corrected chi connectivity index (χ3v) is 10.5. The predicted octanol–water partition coefficient (Wildman–Crippen LogP) is 0.898. The van der Waals surface area contributed by atoms with Gasteiger partial charge in [-0.2, -0.15) is 0 Å². The Morgan fingerprint density at radius 1 is 0.808 bits per heavy atom. The number of amides is 5. The monoisotopic (exact) mass is 763 g/mol. The normalized spacial score (nSPS) is 25.0. The lowest BCUT2D eigenvalue weighted by atomic mass is 9.87. The summed E-state index contributed by atoms with van der Waals surface area (Å²) in [5.41, 5.74) is 7.08. The molecule has 1 aromatic carbocycles. The second kappa shape index (κ2) is 19.0. The molecular formula is C34H49N7O9S2. The molecule has 0 radical (unpaired) electrons. The molecule has 5 amide bonds. The van der Waals surface area contributed by atoms with Crippen molar-refractivity contribution in [1.29, 1.82) is 0 Å². The Kier molecular flexibility index (Phi) is 15.4. The zero-order valence-corrected chi connectivity index (χ0v) is 31.4. The maximum Gasteiger partial charge on any atom is 0.327 e. The highest BCUT2D eigenvalue weighted by atomic mass is 33.1. The molecule has 0 saturated carbocycles.